The van der Waals surface area contributed by atoms with Gasteiger partial charge in [-0.25, -0.2) is 0 Å². The second-order valence-electron chi connectivity index (χ2n) is 7.25. The van der Waals surface area contributed by atoms with E-state index in [0.717, 1.165) is 48.4 Å². The summed E-state index contributed by atoms with van der Waals surface area (Å²) in [6, 6.07) is 16.4. The van der Waals surface area contributed by atoms with Crippen molar-refractivity contribution in [3.05, 3.63) is 71.5 Å². The highest BCUT2D eigenvalue weighted by molar-refractivity contribution is 5.94. The van der Waals surface area contributed by atoms with Crippen molar-refractivity contribution in [3.8, 4) is 11.4 Å². The van der Waals surface area contributed by atoms with Crippen LogP contribution in [0.25, 0.3) is 11.4 Å². The Kier molecular flexibility index (Phi) is 4.75. The molecule has 0 radical (unpaired) electrons. The van der Waals surface area contributed by atoms with E-state index in [1.165, 1.54) is 5.56 Å². The quantitative estimate of drug-likeness (QED) is 0.708. The number of amides is 1. The molecule has 3 aromatic rings. The zero-order valence-electron chi connectivity index (χ0n) is 15.8. The van der Waals surface area contributed by atoms with E-state index >= 15 is 0 Å². The van der Waals surface area contributed by atoms with E-state index < -0.39 is 0 Å². The molecule has 1 aliphatic heterocycles. The summed E-state index contributed by atoms with van der Waals surface area (Å²) in [4.78, 5) is 14.8. The number of hydrogen-bond acceptors (Lipinski definition) is 3. The van der Waals surface area contributed by atoms with Crippen LogP contribution in [-0.4, -0.2) is 38.7 Å². The molecule has 0 atom stereocenters. The Bertz CT molecular complexity index is 940. The Balaban J connectivity index is 1.46. The van der Waals surface area contributed by atoms with Crippen molar-refractivity contribution in [2.75, 3.05) is 13.1 Å². The Morgan fingerprint density at radius 2 is 1.74 bits per heavy atom. The summed E-state index contributed by atoms with van der Waals surface area (Å²) >= 11 is 0. The number of benzene rings is 2. The van der Waals surface area contributed by atoms with Crippen molar-refractivity contribution in [3.63, 3.8) is 0 Å². The van der Waals surface area contributed by atoms with Gasteiger partial charge in [0.25, 0.3) is 5.91 Å². The number of carbonyl (C=O) groups is 1. The predicted molar refractivity (Wildman–Crippen MR) is 106 cm³/mol. The first-order valence-electron chi connectivity index (χ1n) is 9.45. The molecule has 27 heavy (non-hydrogen) atoms. The minimum absolute atomic E-state index is 0.128. The first kappa shape index (κ1) is 17.5. The van der Waals surface area contributed by atoms with Crippen LogP contribution in [0.5, 0.6) is 0 Å². The van der Waals surface area contributed by atoms with Crippen LogP contribution < -0.4 is 0 Å². The molecule has 1 amide bonds. The van der Waals surface area contributed by atoms with E-state index in [9.17, 15) is 4.79 Å². The minimum atomic E-state index is 0.128. The van der Waals surface area contributed by atoms with Crippen LogP contribution in [-0.2, 0) is 0 Å². The minimum Gasteiger partial charge on any atom is -0.338 e. The molecule has 0 bridgehead atoms. The van der Waals surface area contributed by atoms with Crippen molar-refractivity contribution in [1.82, 2.24) is 19.7 Å². The molecule has 0 unspecified atom stereocenters. The summed E-state index contributed by atoms with van der Waals surface area (Å²) in [6.45, 7) is 5.62. The van der Waals surface area contributed by atoms with Gasteiger partial charge in [0.15, 0.2) is 5.82 Å². The largest absolute Gasteiger partial charge is 0.338 e. The van der Waals surface area contributed by atoms with Gasteiger partial charge >= 0.3 is 0 Å². The molecule has 138 valence electrons. The third-order valence-corrected chi connectivity index (χ3v) is 5.50. The number of hydrogen-bond donors (Lipinski definition) is 0. The molecule has 0 spiro atoms. The lowest BCUT2D eigenvalue weighted by Crippen LogP contribution is -2.39. The molecule has 0 saturated carbocycles. The molecule has 1 saturated heterocycles. The van der Waals surface area contributed by atoms with Crippen LogP contribution in [0.4, 0.5) is 0 Å². The van der Waals surface area contributed by atoms with Gasteiger partial charge in [-0.2, -0.15) is 0 Å². The van der Waals surface area contributed by atoms with Gasteiger partial charge in [0.1, 0.15) is 6.33 Å². The van der Waals surface area contributed by atoms with Gasteiger partial charge in [0.2, 0.25) is 0 Å². The zero-order valence-corrected chi connectivity index (χ0v) is 15.8. The molecular weight excluding hydrogens is 336 g/mol. The summed E-state index contributed by atoms with van der Waals surface area (Å²) in [5.41, 5.74) is 4.23. The number of rotatable bonds is 3. The SMILES string of the molecule is Cc1ccc(C(=O)N2CCC(n3cnnc3-c3ccccc3)CC2)cc1C. The molecule has 4 rings (SSSR count). The average molecular weight is 360 g/mol. The van der Waals surface area contributed by atoms with Gasteiger partial charge in [-0.3, -0.25) is 4.79 Å². The lowest BCUT2D eigenvalue weighted by Gasteiger charge is -2.33. The lowest BCUT2D eigenvalue weighted by atomic mass is 10.0. The highest BCUT2D eigenvalue weighted by Gasteiger charge is 2.26. The molecule has 0 aliphatic carbocycles. The van der Waals surface area contributed by atoms with Crippen molar-refractivity contribution in [1.29, 1.82) is 0 Å². The van der Waals surface area contributed by atoms with Gasteiger partial charge in [0, 0.05) is 30.3 Å². The van der Waals surface area contributed by atoms with Crippen LogP contribution in [0.1, 0.15) is 40.4 Å². The number of aryl methyl sites for hydroxylation is 2. The van der Waals surface area contributed by atoms with E-state index in [1.54, 1.807) is 0 Å². The smallest absolute Gasteiger partial charge is 0.253 e. The molecule has 1 aliphatic rings. The molecule has 5 nitrogen and oxygen atoms in total. The summed E-state index contributed by atoms with van der Waals surface area (Å²) in [7, 11) is 0. The number of likely N-dealkylation sites (tertiary alicyclic amines) is 1. The topological polar surface area (TPSA) is 51.0 Å². The van der Waals surface area contributed by atoms with Gasteiger partial charge < -0.3 is 9.47 Å². The highest BCUT2D eigenvalue weighted by Crippen LogP contribution is 2.28. The molecule has 2 heterocycles. The van der Waals surface area contributed by atoms with Crippen LogP contribution in [0.3, 0.4) is 0 Å². The Labute approximate surface area is 159 Å². The fraction of sp³-hybridized carbons (Fsp3) is 0.318. The predicted octanol–water partition coefficient (Wildman–Crippen LogP) is 4.04. The fourth-order valence-corrected chi connectivity index (χ4v) is 3.71. The average Bonchev–Trinajstić information content (AvgIpc) is 3.20. The lowest BCUT2D eigenvalue weighted by molar-refractivity contribution is 0.0695. The second-order valence-corrected chi connectivity index (χ2v) is 7.25. The van der Waals surface area contributed by atoms with Crippen molar-refractivity contribution in [2.45, 2.75) is 32.7 Å². The van der Waals surface area contributed by atoms with Crippen molar-refractivity contribution >= 4 is 5.91 Å². The number of nitrogens with zero attached hydrogens (tertiary/aromatic N) is 4. The van der Waals surface area contributed by atoms with E-state index in [2.05, 4.69) is 40.7 Å². The Hall–Kier alpha value is -2.95. The Morgan fingerprint density at radius 3 is 2.44 bits per heavy atom. The normalized spacial score (nSPS) is 15.1. The van der Waals surface area contributed by atoms with Crippen molar-refractivity contribution < 1.29 is 4.79 Å². The second kappa shape index (κ2) is 7.35. The highest BCUT2D eigenvalue weighted by atomic mass is 16.2. The number of piperidine rings is 1. The van der Waals surface area contributed by atoms with Gasteiger partial charge in [-0.1, -0.05) is 36.4 Å². The number of aromatic nitrogens is 3. The number of carbonyl (C=O) groups excluding carboxylic acids is 1. The first-order chi connectivity index (χ1) is 13.1. The van der Waals surface area contributed by atoms with Crippen LogP contribution in [0, 0.1) is 13.8 Å². The maximum Gasteiger partial charge on any atom is 0.253 e. The third kappa shape index (κ3) is 3.50. The maximum absolute atomic E-state index is 12.8. The summed E-state index contributed by atoms with van der Waals surface area (Å²) in [5.74, 6) is 1.03. The van der Waals surface area contributed by atoms with Crippen LogP contribution in [0.2, 0.25) is 0 Å². The monoisotopic (exact) mass is 360 g/mol. The van der Waals surface area contributed by atoms with E-state index in [4.69, 9.17) is 0 Å². The molecular formula is C22H24N4O. The molecule has 0 N–H and O–H groups in total. The zero-order chi connectivity index (χ0) is 18.8. The van der Waals surface area contributed by atoms with E-state index in [-0.39, 0.29) is 5.91 Å². The van der Waals surface area contributed by atoms with Gasteiger partial charge in [-0.15, -0.1) is 10.2 Å². The first-order valence-corrected chi connectivity index (χ1v) is 9.45. The molecule has 5 heteroatoms. The maximum atomic E-state index is 12.8. The molecule has 2 aromatic carbocycles. The third-order valence-electron chi connectivity index (χ3n) is 5.50. The van der Waals surface area contributed by atoms with Gasteiger partial charge in [-0.05, 0) is 49.9 Å². The fourth-order valence-electron chi connectivity index (χ4n) is 3.71. The van der Waals surface area contributed by atoms with Gasteiger partial charge in [0.05, 0.1) is 0 Å². The van der Waals surface area contributed by atoms with Crippen LogP contribution >= 0.6 is 0 Å². The van der Waals surface area contributed by atoms with Crippen molar-refractivity contribution in [2.24, 2.45) is 0 Å². The molecule has 1 aromatic heterocycles. The summed E-state index contributed by atoms with van der Waals surface area (Å²) < 4.78 is 2.16. The standard InChI is InChI=1S/C22H24N4O/c1-16-8-9-19(14-17(16)2)22(27)25-12-10-20(11-13-25)26-15-23-24-21(26)18-6-4-3-5-7-18/h3-9,14-15,20H,10-13H2,1-2H3. The van der Waals surface area contributed by atoms with Crippen LogP contribution in [0.15, 0.2) is 54.9 Å². The van der Waals surface area contributed by atoms with E-state index in [1.807, 2.05) is 47.6 Å². The van der Waals surface area contributed by atoms with E-state index in [0.29, 0.717) is 6.04 Å². The summed E-state index contributed by atoms with van der Waals surface area (Å²) in [6.07, 6.45) is 3.64. The Morgan fingerprint density at radius 1 is 1.00 bits per heavy atom. The molecule has 1 fully saturated rings. The summed E-state index contributed by atoms with van der Waals surface area (Å²) in [5, 5.41) is 8.44.